The molecule has 1 amide bonds. The zero-order valence-electron chi connectivity index (χ0n) is 16.7. The van der Waals surface area contributed by atoms with Crippen molar-refractivity contribution in [1.82, 2.24) is 40.0 Å². The Balaban J connectivity index is 1.40. The highest BCUT2D eigenvalue weighted by molar-refractivity contribution is 5.90. The smallest absolute Gasteiger partial charge is 0.312 e. The molecule has 0 bridgehead atoms. The van der Waals surface area contributed by atoms with Crippen LogP contribution in [0.15, 0.2) is 65.6 Å². The van der Waals surface area contributed by atoms with Crippen LogP contribution >= 0.6 is 0 Å². The van der Waals surface area contributed by atoms with Crippen molar-refractivity contribution in [3.63, 3.8) is 0 Å². The number of hydrogen-bond donors (Lipinski definition) is 1. The summed E-state index contributed by atoms with van der Waals surface area (Å²) in [5.41, 5.74) is 2.96. The molecule has 10 heteroatoms. The minimum absolute atomic E-state index is 0.115. The first kappa shape index (κ1) is 18.3. The summed E-state index contributed by atoms with van der Waals surface area (Å²) in [6.45, 7) is 0.427. The second kappa shape index (κ2) is 7.34. The SMILES string of the molecule is O=C(c1nnc(-c2ccccn2)o1)N1CCc2[nH]cnc2[C@@H]1c1ncc2ccccc2n1. The maximum Gasteiger partial charge on any atom is 0.312 e. The molecular formula is C22H16N8O2. The fourth-order valence-electron chi connectivity index (χ4n) is 3.90. The summed E-state index contributed by atoms with van der Waals surface area (Å²) < 4.78 is 5.66. The fourth-order valence-corrected chi connectivity index (χ4v) is 3.90. The highest BCUT2D eigenvalue weighted by atomic mass is 16.4. The van der Waals surface area contributed by atoms with Crippen molar-refractivity contribution in [2.75, 3.05) is 6.54 Å². The minimum atomic E-state index is -0.577. The van der Waals surface area contributed by atoms with E-state index in [0.717, 1.165) is 16.6 Å². The average Bonchev–Trinajstić information content (AvgIpc) is 3.53. The van der Waals surface area contributed by atoms with Crippen molar-refractivity contribution in [3.8, 4) is 11.6 Å². The highest BCUT2D eigenvalue weighted by Gasteiger charge is 2.38. The van der Waals surface area contributed by atoms with Crippen LogP contribution in [-0.4, -0.2) is 52.5 Å². The number of nitrogens with one attached hydrogen (secondary N) is 1. The van der Waals surface area contributed by atoms with E-state index in [-0.39, 0.29) is 11.8 Å². The van der Waals surface area contributed by atoms with Crippen LogP contribution in [0.4, 0.5) is 0 Å². The molecule has 4 aromatic heterocycles. The van der Waals surface area contributed by atoms with E-state index in [1.165, 1.54) is 0 Å². The third kappa shape index (κ3) is 3.00. The van der Waals surface area contributed by atoms with Gasteiger partial charge < -0.3 is 14.3 Å². The van der Waals surface area contributed by atoms with Gasteiger partial charge in [0.2, 0.25) is 0 Å². The molecule has 0 radical (unpaired) electrons. The number of aromatic nitrogens is 7. The number of aromatic amines is 1. The fraction of sp³-hybridized carbons (Fsp3) is 0.136. The standard InChI is InChI=1S/C22H16N8O2/c31-22(21-29-28-20(32-21)16-7-3-4-9-23-16)30-10-8-15-17(26-12-25-15)18(30)19-24-11-13-5-1-2-6-14(13)27-19/h1-7,9,11-12,18H,8,10H2,(H,25,26)/t18-/m1/s1. The summed E-state index contributed by atoms with van der Waals surface area (Å²) >= 11 is 0. The van der Waals surface area contributed by atoms with Crippen molar-refractivity contribution >= 4 is 16.8 Å². The summed E-state index contributed by atoms with van der Waals surface area (Å²) in [5.74, 6) is 0.144. The van der Waals surface area contributed by atoms with Gasteiger partial charge in [0.25, 0.3) is 5.89 Å². The van der Waals surface area contributed by atoms with Crippen molar-refractivity contribution < 1.29 is 9.21 Å². The van der Waals surface area contributed by atoms with Crippen molar-refractivity contribution in [1.29, 1.82) is 0 Å². The van der Waals surface area contributed by atoms with E-state index >= 15 is 0 Å². The molecule has 0 saturated heterocycles. The number of carbonyl (C=O) groups is 1. The number of fused-ring (bicyclic) bond motifs is 2. The number of rotatable bonds is 3. The molecular weight excluding hydrogens is 408 g/mol. The molecule has 0 fully saturated rings. The lowest BCUT2D eigenvalue weighted by Gasteiger charge is -2.32. The number of benzene rings is 1. The molecule has 0 spiro atoms. The number of H-pyrrole nitrogens is 1. The first-order valence-electron chi connectivity index (χ1n) is 10.1. The number of nitrogens with zero attached hydrogens (tertiary/aromatic N) is 7. The summed E-state index contributed by atoms with van der Waals surface area (Å²) in [6, 6.07) is 12.5. The van der Waals surface area contributed by atoms with Crippen LogP contribution in [0.25, 0.3) is 22.5 Å². The Morgan fingerprint density at radius 1 is 1.06 bits per heavy atom. The van der Waals surface area contributed by atoms with Gasteiger partial charge in [0.1, 0.15) is 11.7 Å². The van der Waals surface area contributed by atoms with Crippen LogP contribution < -0.4 is 0 Å². The zero-order valence-corrected chi connectivity index (χ0v) is 16.7. The second-order valence-corrected chi connectivity index (χ2v) is 7.33. The molecule has 10 nitrogen and oxygen atoms in total. The van der Waals surface area contributed by atoms with Crippen molar-refractivity contribution in [2.24, 2.45) is 0 Å². The Labute approximate surface area is 181 Å². The lowest BCUT2D eigenvalue weighted by Crippen LogP contribution is -2.41. The van der Waals surface area contributed by atoms with Gasteiger partial charge in [-0.25, -0.2) is 15.0 Å². The van der Waals surface area contributed by atoms with Gasteiger partial charge in [0.05, 0.1) is 17.5 Å². The molecule has 0 unspecified atom stereocenters. The molecule has 1 N–H and O–H groups in total. The molecule has 1 aliphatic heterocycles. The quantitative estimate of drug-likeness (QED) is 0.468. The van der Waals surface area contributed by atoms with Crippen LogP contribution in [0.2, 0.25) is 0 Å². The first-order valence-corrected chi connectivity index (χ1v) is 10.1. The van der Waals surface area contributed by atoms with E-state index < -0.39 is 11.9 Å². The molecule has 5 aromatic rings. The van der Waals surface area contributed by atoms with Gasteiger partial charge in [-0.05, 0) is 18.2 Å². The molecule has 1 aliphatic rings. The van der Waals surface area contributed by atoms with Gasteiger partial charge >= 0.3 is 11.8 Å². The van der Waals surface area contributed by atoms with E-state index in [0.29, 0.717) is 30.2 Å². The second-order valence-electron chi connectivity index (χ2n) is 7.33. The van der Waals surface area contributed by atoms with Gasteiger partial charge in [-0.15, -0.1) is 10.2 Å². The maximum atomic E-state index is 13.4. The molecule has 6 rings (SSSR count). The Bertz CT molecular complexity index is 1430. The Morgan fingerprint density at radius 3 is 2.88 bits per heavy atom. The minimum Gasteiger partial charge on any atom is -0.411 e. The van der Waals surface area contributed by atoms with E-state index in [1.54, 1.807) is 35.8 Å². The van der Waals surface area contributed by atoms with Crippen LogP contribution in [0.3, 0.4) is 0 Å². The van der Waals surface area contributed by atoms with Crippen molar-refractivity contribution in [3.05, 3.63) is 84.3 Å². The van der Waals surface area contributed by atoms with E-state index in [1.807, 2.05) is 30.3 Å². The third-order valence-electron chi connectivity index (χ3n) is 5.43. The Hall–Kier alpha value is -4.47. The van der Waals surface area contributed by atoms with Crippen LogP contribution in [0, 0.1) is 0 Å². The molecule has 5 heterocycles. The average molecular weight is 424 g/mol. The number of pyridine rings is 1. The lowest BCUT2D eigenvalue weighted by molar-refractivity contribution is 0.0643. The predicted octanol–water partition coefficient (Wildman–Crippen LogP) is 2.59. The van der Waals surface area contributed by atoms with E-state index in [4.69, 9.17) is 9.40 Å². The molecule has 0 aliphatic carbocycles. The Morgan fingerprint density at radius 2 is 1.97 bits per heavy atom. The number of hydrogen-bond acceptors (Lipinski definition) is 8. The number of carbonyl (C=O) groups excluding carboxylic acids is 1. The molecule has 1 atom stereocenters. The van der Waals surface area contributed by atoms with Crippen LogP contribution in [-0.2, 0) is 6.42 Å². The van der Waals surface area contributed by atoms with Crippen LogP contribution in [0.1, 0.15) is 33.9 Å². The predicted molar refractivity (Wildman–Crippen MR) is 112 cm³/mol. The highest BCUT2D eigenvalue weighted by Crippen LogP contribution is 2.33. The molecule has 0 saturated carbocycles. The zero-order chi connectivity index (χ0) is 21.5. The van der Waals surface area contributed by atoms with E-state index in [2.05, 4.69) is 30.1 Å². The molecule has 32 heavy (non-hydrogen) atoms. The lowest BCUT2D eigenvalue weighted by atomic mass is 10.0. The van der Waals surface area contributed by atoms with Crippen molar-refractivity contribution in [2.45, 2.75) is 12.5 Å². The van der Waals surface area contributed by atoms with Gasteiger partial charge in [0, 0.05) is 36.4 Å². The number of para-hydroxylation sites is 1. The summed E-state index contributed by atoms with van der Waals surface area (Å²) in [7, 11) is 0. The van der Waals surface area contributed by atoms with Gasteiger partial charge in [-0.3, -0.25) is 9.78 Å². The normalized spacial score (nSPS) is 15.6. The van der Waals surface area contributed by atoms with Gasteiger partial charge in [0.15, 0.2) is 5.82 Å². The topological polar surface area (TPSA) is 127 Å². The van der Waals surface area contributed by atoms with Gasteiger partial charge in [-0.2, -0.15) is 0 Å². The third-order valence-corrected chi connectivity index (χ3v) is 5.43. The first-order chi connectivity index (χ1) is 15.8. The maximum absolute atomic E-state index is 13.4. The summed E-state index contributed by atoms with van der Waals surface area (Å²) in [5, 5.41) is 8.89. The Kier molecular flexibility index (Phi) is 4.20. The van der Waals surface area contributed by atoms with Gasteiger partial charge in [-0.1, -0.05) is 24.3 Å². The number of imidazole rings is 1. The number of amides is 1. The molecule has 1 aromatic carbocycles. The summed E-state index contributed by atoms with van der Waals surface area (Å²) in [6.07, 6.45) is 5.62. The van der Waals surface area contributed by atoms with E-state index in [9.17, 15) is 4.79 Å². The van der Waals surface area contributed by atoms with Crippen LogP contribution in [0.5, 0.6) is 0 Å². The summed E-state index contributed by atoms with van der Waals surface area (Å²) in [4.78, 5) is 36.2. The molecule has 156 valence electrons. The largest absolute Gasteiger partial charge is 0.411 e. The monoisotopic (exact) mass is 424 g/mol.